The molecule has 0 unspecified atom stereocenters. The van der Waals surface area contributed by atoms with Crippen molar-refractivity contribution >= 4 is 8.32 Å². The third-order valence-corrected chi connectivity index (χ3v) is 10.9. The first kappa shape index (κ1) is 27.9. The molecular formula is C25H52O2Si. The van der Waals surface area contributed by atoms with Crippen LogP contribution in [0.1, 0.15) is 118 Å². The van der Waals surface area contributed by atoms with Crippen LogP contribution in [0.3, 0.4) is 0 Å². The Morgan fingerprint density at radius 3 is 1.79 bits per heavy atom. The molecule has 168 valence electrons. The van der Waals surface area contributed by atoms with Gasteiger partial charge in [-0.15, -0.1) is 6.58 Å². The maximum absolute atomic E-state index is 10.5. The Balaban J connectivity index is 3.90. The summed E-state index contributed by atoms with van der Waals surface area (Å²) in [5.74, 6) is 0. The highest BCUT2D eigenvalue weighted by atomic mass is 28.4. The van der Waals surface area contributed by atoms with Gasteiger partial charge in [0.25, 0.3) is 0 Å². The molecule has 0 aliphatic heterocycles. The van der Waals surface area contributed by atoms with Gasteiger partial charge in [0, 0.05) is 0 Å². The summed E-state index contributed by atoms with van der Waals surface area (Å²) < 4.78 is 6.53. The molecule has 0 bridgehead atoms. The number of hydrogen-bond donors (Lipinski definition) is 1. The van der Waals surface area contributed by atoms with Gasteiger partial charge in [-0.3, -0.25) is 0 Å². The summed E-state index contributed by atoms with van der Waals surface area (Å²) in [4.78, 5) is 0. The SMILES string of the molecule is C=CC[C@@H](C[C@@H](O)CCCCCCCCCCCCC)O[Si](C)(C)C(C)(C)C. The highest BCUT2D eigenvalue weighted by Gasteiger charge is 2.39. The Labute approximate surface area is 178 Å². The number of aliphatic hydroxyl groups excluding tert-OH is 1. The molecule has 0 heterocycles. The first-order chi connectivity index (χ1) is 13.1. The van der Waals surface area contributed by atoms with Gasteiger partial charge in [0.1, 0.15) is 0 Å². The molecular weight excluding hydrogens is 360 g/mol. The molecule has 0 rings (SSSR count). The number of hydrogen-bond acceptors (Lipinski definition) is 2. The summed E-state index contributed by atoms with van der Waals surface area (Å²) in [7, 11) is -1.80. The van der Waals surface area contributed by atoms with Gasteiger partial charge in [0.15, 0.2) is 8.32 Å². The average Bonchev–Trinajstić information content (AvgIpc) is 2.58. The second kappa shape index (κ2) is 15.7. The normalized spacial score (nSPS) is 14.8. The minimum absolute atomic E-state index is 0.112. The predicted molar refractivity (Wildman–Crippen MR) is 129 cm³/mol. The molecule has 0 radical (unpaired) electrons. The van der Waals surface area contributed by atoms with Gasteiger partial charge in [-0.05, 0) is 37.4 Å². The predicted octanol–water partition coefficient (Wildman–Crippen LogP) is 8.41. The van der Waals surface area contributed by atoms with Crippen LogP contribution < -0.4 is 0 Å². The molecule has 0 aromatic rings. The number of aliphatic hydroxyl groups is 1. The van der Waals surface area contributed by atoms with E-state index in [1.807, 2.05) is 6.08 Å². The van der Waals surface area contributed by atoms with Crippen molar-refractivity contribution in [2.45, 2.75) is 148 Å². The molecule has 0 aliphatic rings. The van der Waals surface area contributed by atoms with Gasteiger partial charge < -0.3 is 9.53 Å². The lowest BCUT2D eigenvalue weighted by molar-refractivity contribution is 0.0808. The van der Waals surface area contributed by atoms with E-state index in [0.29, 0.717) is 0 Å². The molecule has 0 aliphatic carbocycles. The van der Waals surface area contributed by atoms with Gasteiger partial charge >= 0.3 is 0 Å². The van der Waals surface area contributed by atoms with E-state index in [9.17, 15) is 5.11 Å². The summed E-state index contributed by atoms with van der Waals surface area (Å²) in [6.45, 7) is 17.6. The van der Waals surface area contributed by atoms with Crippen LogP contribution in [-0.2, 0) is 4.43 Å². The summed E-state index contributed by atoms with van der Waals surface area (Å²) in [6, 6.07) is 0. The van der Waals surface area contributed by atoms with Crippen LogP contribution in [-0.4, -0.2) is 25.6 Å². The lowest BCUT2D eigenvalue weighted by atomic mass is 10.0. The zero-order valence-corrected chi connectivity index (χ0v) is 21.2. The molecule has 1 N–H and O–H groups in total. The van der Waals surface area contributed by atoms with Crippen molar-refractivity contribution in [3.8, 4) is 0 Å². The Kier molecular flexibility index (Phi) is 15.6. The van der Waals surface area contributed by atoms with E-state index < -0.39 is 8.32 Å². The summed E-state index contributed by atoms with van der Waals surface area (Å²) in [5, 5.41) is 10.7. The van der Waals surface area contributed by atoms with Crippen molar-refractivity contribution < 1.29 is 9.53 Å². The maximum atomic E-state index is 10.5. The molecule has 0 saturated carbocycles. The van der Waals surface area contributed by atoms with Crippen molar-refractivity contribution in [1.82, 2.24) is 0 Å². The van der Waals surface area contributed by atoms with Crippen LogP contribution >= 0.6 is 0 Å². The first-order valence-electron chi connectivity index (χ1n) is 12.1. The quantitative estimate of drug-likeness (QED) is 0.139. The second-order valence-corrected chi connectivity index (χ2v) is 15.0. The third-order valence-electron chi connectivity index (χ3n) is 6.37. The van der Waals surface area contributed by atoms with Crippen LogP contribution in [0.5, 0.6) is 0 Å². The Bertz CT molecular complexity index is 373. The third kappa shape index (κ3) is 14.0. The van der Waals surface area contributed by atoms with Crippen LogP contribution in [0.25, 0.3) is 0 Å². The van der Waals surface area contributed by atoms with E-state index in [4.69, 9.17) is 4.43 Å². The average molecular weight is 413 g/mol. The molecule has 0 aromatic carbocycles. The standard InChI is InChI=1S/C25H52O2Si/c1-8-10-11-12-13-14-15-16-17-18-19-21-23(26)22-24(20-9-2)27-28(6,7)25(3,4)5/h9,23-24,26H,2,8,10-22H2,1,3-7H3/t23-,24-/m0/s1. The zero-order valence-electron chi connectivity index (χ0n) is 20.2. The largest absolute Gasteiger partial charge is 0.414 e. The minimum Gasteiger partial charge on any atom is -0.414 e. The fraction of sp³-hybridized carbons (Fsp3) is 0.920. The zero-order chi connectivity index (χ0) is 21.5. The van der Waals surface area contributed by atoms with E-state index in [1.54, 1.807) is 0 Å². The first-order valence-corrected chi connectivity index (χ1v) is 15.0. The summed E-state index contributed by atoms with van der Waals surface area (Å²) >= 11 is 0. The smallest absolute Gasteiger partial charge is 0.192 e. The van der Waals surface area contributed by atoms with E-state index in [0.717, 1.165) is 25.7 Å². The minimum atomic E-state index is -1.80. The maximum Gasteiger partial charge on any atom is 0.192 e. The molecule has 0 saturated heterocycles. The van der Waals surface area contributed by atoms with E-state index in [2.05, 4.69) is 47.4 Å². The van der Waals surface area contributed by atoms with Crippen LogP contribution in [0, 0.1) is 0 Å². The molecule has 2 nitrogen and oxygen atoms in total. The molecule has 0 fully saturated rings. The van der Waals surface area contributed by atoms with Gasteiger partial charge in [-0.25, -0.2) is 0 Å². The highest BCUT2D eigenvalue weighted by Crippen LogP contribution is 2.38. The van der Waals surface area contributed by atoms with Crippen molar-refractivity contribution in [3.05, 3.63) is 12.7 Å². The molecule has 3 heteroatoms. The van der Waals surface area contributed by atoms with Crippen molar-refractivity contribution in [2.75, 3.05) is 0 Å². The molecule has 0 amide bonds. The van der Waals surface area contributed by atoms with Crippen molar-refractivity contribution in [1.29, 1.82) is 0 Å². The van der Waals surface area contributed by atoms with E-state index >= 15 is 0 Å². The van der Waals surface area contributed by atoms with Crippen LogP contribution in [0.4, 0.5) is 0 Å². The van der Waals surface area contributed by atoms with Crippen molar-refractivity contribution in [3.63, 3.8) is 0 Å². The molecule has 28 heavy (non-hydrogen) atoms. The van der Waals surface area contributed by atoms with Crippen LogP contribution in [0.15, 0.2) is 12.7 Å². The highest BCUT2D eigenvalue weighted by molar-refractivity contribution is 6.74. The Morgan fingerprint density at radius 2 is 1.36 bits per heavy atom. The fourth-order valence-corrected chi connectivity index (χ4v) is 4.82. The topological polar surface area (TPSA) is 29.5 Å². The number of rotatable bonds is 18. The van der Waals surface area contributed by atoms with Gasteiger partial charge in [-0.2, -0.15) is 0 Å². The van der Waals surface area contributed by atoms with Gasteiger partial charge in [0.05, 0.1) is 12.2 Å². The Hall–Kier alpha value is -0.123. The molecule has 2 atom stereocenters. The summed E-state index contributed by atoms with van der Waals surface area (Å²) in [6.07, 6.45) is 19.1. The number of unbranched alkanes of at least 4 members (excludes halogenated alkanes) is 10. The lowest BCUT2D eigenvalue weighted by Gasteiger charge is -2.39. The molecule has 0 spiro atoms. The fourth-order valence-electron chi connectivity index (χ4n) is 3.44. The second-order valence-electron chi connectivity index (χ2n) is 10.2. The molecule has 0 aromatic heterocycles. The van der Waals surface area contributed by atoms with Gasteiger partial charge in [0.2, 0.25) is 0 Å². The monoisotopic (exact) mass is 412 g/mol. The van der Waals surface area contributed by atoms with Gasteiger partial charge in [-0.1, -0.05) is 104 Å². The summed E-state index contributed by atoms with van der Waals surface area (Å²) in [5.41, 5.74) is 0. The Morgan fingerprint density at radius 1 is 0.893 bits per heavy atom. The van der Waals surface area contributed by atoms with Crippen molar-refractivity contribution in [2.24, 2.45) is 0 Å². The van der Waals surface area contributed by atoms with E-state index in [1.165, 1.54) is 64.2 Å². The van der Waals surface area contributed by atoms with E-state index in [-0.39, 0.29) is 17.2 Å². The van der Waals surface area contributed by atoms with Crippen LogP contribution in [0.2, 0.25) is 18.1 Å². The lowest BCUT2D eigenvalue weighted by Crippen LogP contribution is -2.44.